The van der Waals surface area contributed by atoms with Crippen LogP contribution < -0.4 is 0 Å². The van der Waals surface area contributed by atoms with Gasteiger partial charge in [-0.1, -0.05) is 36.9 Å². The van der Waals surface area contributed by atoms with E-state index < -0.39 is 0 Å². The molecule has 0 fully saturated rings. The number of hydrogen-bond acceptors (Lipinski definition) is 2. The zero-order valence-corrected chi connectivity index (χ0v) is 11.7. The van der Waals surface area contributed by atoms with Crippen molar-refractivity contribution in [2.45, 2.75) is 13.8 Å². The third-order valence-corrected chi connectivity index (χ3v) is 2.77. The maximum Gasteiger partial charge on any atom is 0.0749 e. The van der Waals surface area contributed by atoms with Crippen LogP contribution >= 0.6 is 0 Å². The summed E-state index contributed by atoms with van der Waals surface area (Å²) < 4.78 is 1.91. The van der Waals surface area contributed by atoms with Gasteiger partial charge in [0.15, 0.2) is 0 Å². The van der Waals surface area contributed by atoms with Gasteiger partial charge in [0.1, 0.15) is 0 Å². The first-order valence-electron chi connectivity index (χ1n) is 6.08. The highest BCUT2D eigenvalue weighted by Crippen LogP contribution is 2.23. The second kappa shape index (κ2) is 7.34. The first-order chi connectivity index (χ1) is 9.24. The Morgan fingerprint density at radius 2 is 1.89 bits per heavy atom. The van der Waals surface area contributed by atoms with Gasteiger partial charge >= 0.3 is 0 Å². The molecule has 0 spiro atoms. The Hall–Kier alpha value is -2.13. The van der Waals surface area contributed by atoms with Crippen LogP contribution in [0.5, 0.6) is 0 Å². The van der Waals surface area contributed by atoms with E-state index in [9.17, 15) is 0 Å². The molecule has 3 heteroatoms. The van der Waals surface area contributed by atoms with Gasteiger partial charge in [-0.05, 0) is 31.0 Å². The molecule has 2 rings (SSSR count). The summed E-state index contributed by atoms with van der Waals surface area (Å²) in [6.45, 7) is 7.92. The minimum Gasteiger partial charge on any atom is -0.400 e. The predicted octanol–water partition coefficient (Wildman–Crippen LogP) is 3.30. The molecule has 0 aliphatic carbocycles. The smallest absolute Gasteiger partial charge is 0.0749 e. The third kappa shape index (κ3) is 3.42. The van der Waals surface area contributed by atoms with Crippen LogP contribution in [0.4, 0.5) is 0 Å². The Bertz CT molecular complexity index is 554. The third-order valence-electron chi connectivity index (χ3n) is 2.77. The second-order valence-corrected chi connectivity index (χ2v) is 4.01. The Labute approximate surface area is 114 Å². The van der Waals surface area contributed by atoms with E-state index in [1.807, 2.05) is 23.0 Å². The molecular formula is C16H20N2O. The monoisotopic (exact) mass is 256 g/mol. The Morgan fingerprint density at radius 1 is 1.21 bits per heavy atom. The molecule has 3 nitrogen and oxygen atoms in total. The second-order valence-electron chi connectivity index (χ2n) is 4.01. The summed E-state index contributed by atoms with van der Waals surface area (Å²) in [5.74, 6) is 0. The first kappa shape index (κ1) is 14.9. The number of aliphatic hydroxyl groups is 1. The van der Waals surface area contributed by atoms with Gasteiger partial charge in [-0.3, -0.25) is 0 Å². The average molecular weight is 256 g/mol. The van der Waals surface area contributed by atoms with Crippen LogP contribution in [0.1, 0.15) is 16.7 Å². The van der Waals surface area contributed by atoms with E-state index in [4.69, 9.17) is 5.11 Å². The van der Waals surface area contributed by atoms with Crippen molar-refractivity contribution >= 4 is 6.08 Å². The number of aryl methyl sites for hydroxylation is 2. The molecule has 0 amide bonds. The molecule has 0 saturated carbocycles. The van der Waals surface area contributed by atoms with Crippen molar-refractivity contribution < 1.29 is 5.11 Å². The van der Waals surface area contributed by atoms with Gasteiger partial charge in [0.25, 0.3) is 0 Å². The van der Waals surface area contributed by atoms with E-state index >= 15 is 0 Å². The van der Waals surface area contributed by atoms with Crippen molar-refractivity contribution in [3.8, 4) is 5.69 Å². The molecule has 0 bridgehead atoms. The van der Waals surface area contributed by atoms with Crippen molar-refractivity contribution in [1.29, 1.82) is 0 Å². The highest BCUT2D eigenvalue weighted by atomic mass is 16.2. The van der Waals surface area contributed by atoms with Crippen LogP contribution in [0, 0.1) is 13.8 Å². The number of hydrogen-bond donors (Lipinski definition) is 1. The number of aromatic nitrogens is 2. The van der Waals surface area contributed by atoms with Crippen LogP contribution in [0.25, 0.3) is 11.8 Å². The number of rotatable bonds is 3. The van der Waals surface area contributed by atoms with Gasteiger partial charge < -0.3 is 5.11 Å². The Balaban J connectivity index is 0.000000861. The molecule has 0 radical (unpaired) electrons. The van der Waals surface area contributed by atoms with E-state index in [0.29, 0.717) is 0 Å². The predicted molar refractivity (Wildman–Crippen MR) is 80.4 cm³/mol. The SMILES string of the molecule is C=C/C=C\c1c(C)ccc(C)c1-n1cccn1.CO. The number of benzene rings is 1. The standard InChI is InChI=1S/C15H16N2.CH4O/c1-4-5-7-14-12(2)8-9-13(3)15(14)17-11-6-10-16-17;1-2/h4-11H,1H2,2-3H3;2H,1H3/b7-5-;. The summed E-state index contributed by atoms with van der Waals surface area (Å²) in [5.41, 5.74) is 4.77. The molecule has 2 aromatic rings. The summed E-state index contributed by atoms with van der Waals surface area (Å²) in [6, 6.07) is 6.19. The zero-order valence-electron chi connectivity index (χ0n) is 11.7. The summed E-state index contributed by atoms with van der Waals surface area (Å²) >= 11 is 0. The minimum absolute atomic E-state index is 1.00. The lowest BCUT2D eigenvalue weighted by Gasteiger charge is -2.12. The number of nitrogens with zero attached hydrogens (tertiary/aromatic N) is 2. The average Bonchev–Trinajstić information content (AvgIpc) is 2.95. The van der Waals surface area contributed by atoms with Gasteiger partial charge in [-0.25, -0.2) is 4.68 Å². The van der Waals surface area contributed by atoms with E-state index in [0.717, 1.165) is 12.8 Å². The largest absolute Gasteiger partial charge is 0.400 e. The van der Waals surface area contributed by atoms with Crippen molar-refractivity contribution in [2.75, 3.05) is 7.11 Å². The van der Waals surface area contributed by atoms with Crippen LogP contribution in [0.15, 0.2) is 49.3 Å². The molecule has 0 aliphatic heterocycles. The number of aliphatic hydroxyl groups excluding tert-OH is 1. The van der Waals surface area contributed by atoms with Gasteiger partial charge in [0.05, 0.1) is 5.69 Å². The summed E-state index contributed by atoms with van der Waals surface area (Å²) in [6.07, 6.45) is 9.57. The fourth-order valence-corrected chi connectivity index (χ4v) is 1.90. The summed E-state index contributed by atoms with van der Waals surface area (Å²) in [5, 5.41) is 11.3. The fourth-order valence-electron chi connectivity index (χ4n) is 1.90. The van der Waals surface area contributed by atoms with Gasteiger partial charge in [-0.2, -0.15) is 5.10 Å². The number of allylic oxidation sites excluding steroid dienone is 2. The van der Waals surface area contributed by atoms with Gasteiger partial charge in [-0.15, -0.1) is 0 Å². The normalized spacial score (nSPS) is 10.1. The summed E-state index contributed by atoms with van der Waals surface area (Å²) in [4.78, 5) is 0. The molecule has 1 aromatic carbocycles. The maximum atomic E-state index is 7.00. The van der Waals surface area contributed by atoms with Crippen molar-refractivity contribution in [2.24, 2.45) is 0 Å². The minimum atomic E-state index is 1.00. The maximum absolute atomic E-state index is 7.00. The van der Waals surface area contributed by atoms with E-state index in [1.54, 1.807) is 12.3 Å². The molecular weight excluding hydrogens is 236 g/mol. The lowest BCUT2D eigenvalue weighted by atomic mass is 10.0. The van der Waals surface area contributed by atoms with E-state index in [-0.39, 0.29) is 0 Å². The molecule has 1 heterocycles. The molecule has 19 heavy (non-hydrogen) atoms. The Kier molecular flexibility index (Phi) is 5.76. The summed E-state index contributed by atoms with van der Waals surface area (Å²) in [7, 11) is 1.00. The molecule has 0 saturated heterocycles. The molecule has 0 unspecified atom stereocenters. The van der Waals surface area contributed by atoms with E-state index in [2.05, 4.69) is 43.7 Å². The fraction of sp³-hybridized carbons (Fsp3) is 0.188. The molecule has 1 aromatic heterocycles. The van der Waals surface area contributed by atoms with Crippen LogP contribution in [-0.2, 0) is 0 Å². The lowest BCUT2D eigenvalue weighted by molar-refractivity contribution is 0.399. The van der Waals surface area contributed by atoms with Gasteiger partial charge in [0.2, 0.25) is 0 Å². The van der Waals surface area contributed by atoms with Crippen molar-refractivity contribution in [1.82, 2.24) is 9.78 Å². The highest BCUT2D eigenvalue weighted by Gasteiger charge is 2.08. The topological polar surface area (TPSA) is 38.0 Å². The van der Waals surface area contributed by atoms with Crippen molar-refractivity contribution in [3.63, 3.8) is 0 Å². The van der Waals surface area contributed by atoms with Crippen LogP contribution in [0.3, 0.4) is 0 Å². The van der Waals surface area contributed by atoms with E-state index in [1.165, 1.54) is 16.7 Å². The lowest BCUT2D eigenvalue weighted by Crippen LogP contribution is -2.02. The van der Waals surface area contributed by atoms with Crippen molar-refractivity contribution in [3.05, 3.63) is 66.0 Å². The quantitative estimate of drug-likeness (QED) is 0.856. The van der Waals surface area contributed by atoms with Gasteiger partial charge in [0, 0.05) is 25.1 Å². The molecule has 100 valence electrons. The molecule has 1 N–H and O–H groups in total. The molecule has 0 atom stereocenters. The zero-order chi connectivity index (χ0) is 14.3. The van der Waals surface area contributed by atoms with Crippen LogP contribution in [-0.4, -0.2) is 22.0 Å². The first-order valence-corrected chi connectivity index (χ1v) is 6.08. The Morgan fingerprint density at radius 3 is 2.47 bits per heavy atom. The molecule has 0 aliphatic rings. The van der Waals surface area contributed by atoms with Crippen LogP contribution in [0.2, 0.25) is 0 Å². The highest BCUT2D eigenvalue weighted by molar-refractivity contribution is 5.67.